The van der Waals surface area contributed by atoms with Gasteiger partial charge in [-0.15, -0.1) is 0 Å². The van der Waals surface area contributed by atoms with Crippen LogP contribution in [0.3, 0.4) is 0 Å². The van der Waals surface area contributed by atoms with Crippen molar-refractivity contribution in [2.75, 3.05) is 19.0 Å². The van der Waals surface area contributed by atoms with Crippen molar-refractivity contribution in [1.82, 2.24) is 19.5 Å². The zero-order chi connectivity index (χ0) is 20.8. The molecule has 29 heavy (non-hydrogen) atoms. The first-order chi connectivity index (χ1) is 14.0. The highest BCUT2D eigenvalue weighted by atomic mass is 32.2. The van der Waals surface area contributed by atoms with Crippen molar-refractivity contribution < 1.29 is 9.84 Å². The molecule has 8 heteroatoms. The van der Waals surface area contributed by atoms with Gasteiger partial charge in [0.2, 0.25) is 0 Å². The van der Waals surface area contributed by atoms with Crippen molar-refractivity contribution >= 4 is 28.7 Å². The van der Waals surface area contributed by atoms with Gasteiger partial charge in [0, 0.05) is 24.4 Å². The zero-order valence-electron chi connectivity index (χ0n) is 17.4. The highest BCUT2D eigenvalue weighted by Crippen LogP contribution is 2.30. The van der Waals surface area contributed by atoms with Crippen LogP contribution in [0.2, 0.25) is 0 Å². The lowest BCUT2D eigenvalue weighted by molar-refractivity contribution is 0.286. The second-order valence-electron chi connectivity index (χ2n) is 7.13. The van der Waals surface area contributed by atoms with Gasteiger partial charge in [-0.2, -0.15) is 0 Å². The molecule has 3 aromatic rings. The van der Waals surface area contributed by atoms with Crippen molar-refractivity contribution in [1.29, 1.82) is 0 Å². The summed E-state index contributed by atoms with van der Waals surface area (Å²) in [5, 5.41) is 13.7. The number of aliphatic hydroxyl groups is 1. The summed E-state index contributed by atoms with van der Waals surface area (Å²) in [5.41, 5.74) is 2.72. The third kappa shape index (κ3) is 5.19. The molecular formula is C21H29N5O2S. The van der Waals surface area contributed by atoms with Gasteiger partial charge in [0.1, 0.15) is 5.75 Å². The minimum Gasteiger partial charge on any atom is -0.497 e. The number of methoxy groups -OCH3 is 1. The lowest BCUT2D eigenvalue weighted by Gasteiger charge is -2.14. The lowest BCUT2D eigenvalue weighted by Crippen LogP contribution is -2.09. The number of fused-ring (bicyclic) bond motifs is 1. The summed E-state index contributed by atoms with van der Waals surface area (Å²) >= 11 is 1.61. The molecule has 1 unspecified atom stereocenters. The van der Waals surface area contributed by atoms with Gasteiger partial charge < -0.3 is 19.7 Å². The van der Waals surface area contributed by atoms with Crippen LogP contribution in [0.15, 0.2) is 35.7 Å². The van der Waals surface area contributed by atoms with Crippen molar-refractivity contribution in [2.24, 2.45) is 0 Å². The summed E-state index contributed by atoms with van der Waals surface area (Å²) in [7, 11) is 1.66. The Labute approximate surface area is 175 Å². The Kier molecular flexibility index (Phi) is 7.33. The maximum absolute atomic E-state index is 9.31. The number of imidazole rings is 1. The zero-order valence-corrected chi connectivity index (χ0v) is 18.2. The summed E-state index contributed by atoms with van der Waals surface area (Å²) < 4.78 is 7.29. The van der Waals surface area contributed by atoms with Gasteiger partial charge in [-0.3, -0.25) is 0 Å². The molecule has 2 heterocycles. The van der Waals surface area contributed by atoms with Gasteiger partial charge in [0.05, 0.1) is 13.4 Å². The highest BCUT2D eigenvalue weighted by molar-refractivity contribution is 7.99. The molecule has 0 bridgehead atoms. The average molecular weight is 416 g/mol. The molecule has 3 rings (SSSR count). The Morgan fingerprint density at radius 2 is 1.97 bits per heavy atom. The van der Waals surface area contributed by atoms with E-state index in [1.165, 1.54) is 0 Å². The van der Waals surface area contributed by atoms with Gasteiger partial charge in [-0.1, -0.05) is 30.8 Å². The molecular weight excluding hydrogens is 386 g/mol. The van der Waals surface area contributed by atoms with Gasteiger partial charge >= 0.3 is 0 Å². The van der Waals surface area contributed by atoms with Crippen LogP contribution in [-0.2, 0) is 6.54 Å². The predicted octanol–water partition coefficient (Wildman–Crippen LogP) is 4.28. The second-order valence-corrected chi connectivity index (χ2v) is 8.40. The fourth-order valence-electron chi connectivity index (χ4n) is 3.02. The number of nitrogens with zero attached hydrogens (tertiary/aromatic N) is 4. The number of aromatic nitrogens is 4. The molecule has 0 aliphatic heterocycles. The standard InChI is InChI=1S/C21H29N5O2S/c1-5-17(10-11-27)29-21-24-19(18-20(25-21)26(13-23-18)14(2)3)22-12-15-6-8-16(28-4)9-7-15/h6-9,13-14,17,27H,5,10-12H2,1-4H3,(H,22,24,25). The number of aliphatic hydroxyl groups excluding tert-OH is 1. The normalized spacial score (nSPS) is 12.5. The summed E-state index contributed by atoms with van der Waals surface area (Å²) in [6, 6.07) is 8.20. The van der Waals surface area contributed by atoms with Crippen molar-refractivity contribution in [2.45, 2.75) is 56.6 Å². The van der Waals surface area contributed by atoms with Crippen LogP contribution >= 0.6 is 11.8 Å². The van der Waals surface area contributed by atoms with E-state index < -0.39 is 0 Å². The van der Waals surface area contributed by atoms with Crippen molar-refractivity contribution in [3.63, 3.8) is 0 Å². The van der Waals surface area contributed by atoms with Gasteiger partial charge in [0.15, 0.2) is 22.1 Å². The van der Waals surface area contributed by atoms with E-state index in [2.05, 4.69) is 35.6 Å². The van der Waals surface area contributed by atoms with Crippen molar-refractivity contribution in [3.05, 3.63) is 36.2 Å². The molecule has 2 aromatic heterocycles. The summed E-state index contributed by atoms with van der Waals surface area (Å²) in [5.74, 6) is 1.56. The first-order valence-corrected chi connectivity index (χ1v) is 10.8. The fraction of sp³-hybridized carbons (Fsp3) is 0.476. The molecule has 2 N–H and O–H groups in total. The smallest absolute Gasteiger partial charge is 0.191 e. The van der Waals surface area contributed by atoms with Crippen LogP contribution in [0.4, 0.5) is 5.82 Å². The highest BCUT2D eigenvalue weighted by Gasteiger charge is 2.17. The number of anilines is 1. The topological polar surface area (TPSA) is 85.1 Å². The maximum atomic E-state index is 9.31. The maximum Gasteiger partial charge on any atom is 0.191 e. The third-order valence-corrected chi connectivity index (χ3v) is 6.05. The largest absolute Gasteiger partial charge is 0.497 e. The Hall–Kier alpha value is -2.32. The molecule has 0 spiro atoms. The average Bonchev–Trinajstić information content (AvgIpc) is 3.16. The second kappa shape index (κ2) is 9.93. The molecule has 0 fully saturated rings. The van der Waals surface area contributed by atoms with Crippen molar-refractivity contribution in [3.8, 4) is 5.75 Å². The number of ether oxygens (including phenoxy) is 1. The van der Waals surface area contributed by atoms with E-state index in [4.69, 9.17) is 14.7 Å². The van der Waals surface area contributed by atoms with E-state index in [1.807, 2.05) is 30.6 Å². The van der Waals surface area contributed by atoms with E-state index in [-0.39, 0.29) is 17.9 Å². The molecule has 1 aromatic carbocycles. The van der Waals surface area contributed by atoms with Gasteiger partial charge in [-0.25, -0.2) is 15.0 Å². The minimum atomic E-state index is 0.167. The number of hydrogen-bond acceptors (Lipinski definition) is 7. The van der Waals surface area contributed by atoms with Crippen LogP contribution in [0.5, 0.6) is 5.75 Å². The van der Waals surface area contributed by atoms with Crippen LogP contribution in [0.1, 0.15) is 45.2 Å². The van der Waals surface area contributed by atoms with Gasteiger partial charge in [-0.05, 0) is 44.4 Å². The van der Waals surface area contributed by atoms with Crippen LogP contribution in [-0.4, -0.2) is 43.6 Å². The van der Waals surface area contributed by atoms with Crippen LogP contribution < -0.4 is 10.1 Å². The first kappa shape index (κ1) is 21.4. The summed E-state index contributed by atoms with van der Waals surface area (Å²) in [6.07, 6.45) is 3.49. The predicted molar refractivity (Wildman–Crippen MR) is 118 cm³/mol. The first-order valence-electron chi connectivity index (χ1n) is 9.94. The molecule has 156 valence electrons. The molecule has 0 saturated heterocycles. The summed E-state index contributed by atoms with van der Waals surface area (Å²) in [4.78, 5) is 14.1. The Morgan fingerprint density at radius 3 is 2.59 bits per heavy atom. The number of rotatable bonds is 10. The molecule has 0 saturated carbocycles. The number of thioether (sulfide) groups is 1. The number of hydrogen-bond donors (Lipinski definition) is 2. The van der Waals surface area contributed by atoms with E-state index in [0.29, 0.717) is 11.7 Å². The third-order valence-electron chi connectivity index (χ3n) is 4.75. The van der Waals surface area contributed by atoms with E-state index in [9.17, 15) is 5.11 Å². The van der Waals surface area contributed by atoms with Crippen LogP contribution in [0.25, 0.3) is 11.2 Å². The molecule has 0 aliphatic rings. The Balaban J connectivity index is 1.90. The molecule has 7 nitrogen and oxygen atoms in total. The van der Waals surface area contributed by atoms with Crippen LogP contribution in [0, 0.1) is 0 Å². The minimum absolute atomic E-state index is 0.167. The van der Waals surface area contributed by atoms with E-state index in [0.717, 1.165) is 41.1 Å². The molecule has 0 radical (unpaired) electrons. The Bertz CT molecular complexity index is 927. The fourth-order valence-corrected chi connectivity index (χ4v) is 3.99. The quantitative estimate of drug-likeness (QED) is 0.377. The SMILES string of the molecule is CCC(CCO)Sc1nc(NCc2ccc(OC)cc2)c2ncn(C(C)C)c2n1. The lowest BCUT2D eigenvalue weighted by atomic mass is 10.2. The monoisotopic (exact) mass is 415 g/mol. The Morgan fingerprint density at radius 1 is 1.21 bits per heavy atom. The number of nitrogens with one attached hydrogen (secondary N) is 1. The number of benzene rings is 1. The molecule has 0 aliphatic carbocycles. The van der Waals surface area contributed by atoms with E-state index >= 15 is 0 Å². The molecule has 0 amide bonds. The summed E-state index contributed by atoms with van der Waals surface area (Å²) in [6.45, 7) is 7.14. The van der Waals surface area contributed by atoms with E-state index in [1.54, 1.807) is 18.9 Å². The molecule has 1 atom stereocenters. The van der Waals surface area contributed by atoms with Gasteiger partial charge in [0.25, 0.3) is 0 Å².